The molecule has 0 aliphatic rings. The monoisotopic (exact) mass is 235 g/mol. The lowest BCUT2D eigenvalue weighted by Crippen LogP contribution is -2.32. The first-order valence-corrected chi connectivity index (χ1v) is 5.96. The second kappa shape index (κ2) is 6.25. The smallest absolute Gasteiger partial charge is 0.251 e. The summed E-state index contributed by atoms with van der Waals surface area (Å²) in [5.74, 6) is 5.32. The number of carbonyl (C=O) groups is 1. The number of hydrazine groups is 1. The highest BCUT2D eigenvalue weighted by atomic mass is 16.1. The Balaban J connectivity index is 2.72. The van der Waals surface area contributed by atoms with E-state index in [4.69, 9.17) is 5.84 Å². The van der Waals surface area contributed by atoms with Crippen LogP contribution in [0.15, 0.2) is 18.2 Å². The van der Waals surface area contributed by atoms with Gasteiger partial charge in [-0.15, -0.1) is 0 Å². The van der Waals surface area contributed by atoms with Crippen LogP contribution in [0.2, 0.25) is 0 Å². The minimum absolute atomic E-state index is 0.0300. The number of rotatable bonds is 5. The molecule has 4 heteroatoms. The fourth-order valence-corrected chi connectivity index (χ4v) is 1.78. The van der Waals surface area contributed by atoms with E-state index in [0.29, 0.717) is 5.56 Å². The number of aryl methyl sites for hydroxylation is 1. The number of nitrogens with two attached hydrogens (primary N) is 1. The summed E-state index contributed by atoms with van der Waals surface area (Å²) < 4.78 is 0. The van der Waals surface area contributed by atoms with Crippen molar-refractivity contribution >= 4 is 11.6 Å². The summed E-state index contributed by atoms with van der Waals surface area (Å²) in [5, 5.41) is 2.97. The molecule has 0 bridgehead atoms. The number of benzene rings is 1. The van der Waals surface area contributed by atoms with E-state index in [-0.39, 0.29) is 11.9 Å². The van der Waals surface area contributed by atoms with Gasteiger partial charge in [0.25, 0.3) is 5.91 Å². The van der Waals surface area contributed by atoms with Crippen LogP contribution >= 0.6 is 0 Å². The van der Waals surface area contributed by atoms with Crippen LogP contribution in [0.25, 0.3) is 0 Å². The van der Waals surface area contributed by atoms with Gasteiger partial charge >= 0.3 is 0 Å². The summed E-state index contributed by atoms with van der Waals surface area (Å²) in [4.78, 5) is 11.9. The zero-order valence-electron chi connectivity index (χ0n) is 10.7. The minimum Gasteiger partial charge on any atom is -0.350 e. The predicted octanol–water partition coefficient (Wildman–Crippen LogP) is 2.20. The lowest BCUT2D eigenvalue weighted by molar-refractivity contribution is 0.0938. The molecule has 1 amide bonds. The lowest BCUT2D eigenvalue weighted by atomic mass is 10.1. The first-order valence-electron chi connectivity index (χ1n) is 5.96. The van der Waals surface area contributed by atoms with Crippen molar-refractivity contribution in [3.63, 3.8) is 0 Å². The molecule has 1 aromatic carbocycles. The van der Waals surface area contributed by atoms with E-state index >= 15 is 0 Å². The molecule has 17 heavy (non-hydrogen) atoms. The van der Waals surface area contributed by atoms with E-state index in [0.717, 1.165) is 24.1 Å². The third-order valence-electron chi connectivity index (χ3n) is 2.74. The molecule has 0 spiro atoms. The first-order chi connectivity index (χ1) is 8.08. The SMILES string of the molecule is CCCC(C)NC(=O)c1ccc(NN)c(C)c1. The lowest BCUT2D eigenvalue weighted by Gasteiger charge is -2.13. The Kier molecular flexibility index (Phi) is 4.97. The molecule has 1 atom stereocenters. The average molecular weight is 235 g/mol. The van der Waals surface area contributed by atoms with Crippen molar-refractivity contribution in [2.75, 3.05) is 5.43 Å². The highest BCUT2D eigenvalue weighted by Gasteiger charge is 2.10. The van der Waals surface area contributed by atoms with Crippen LogP contribution in [0.4, 0.5) is 5.69 Å². The molecular weight excluding hydrogens is 214 g/mol. The Labute approximate surface area is 103 Å². The number of nitrogen functional groups attached to an aromatic ring is 1. The van der Waals surface area contributed by atoms with Crippen molar-refractivity contribution in [2.24, 2.45) is 5.84 Å². The van der Waals surface area contributed by atoms with Gasteiger partial charge in [0.1, 0.15) is 0 Å². The number of amides is 1. The van der Waals surface area contributed by atoms with Gasteiger partial charge in [0.05, 0.1) is 5.69 Å². The predicted molar refractivity (Wildman–Crippen MR) is 70.8 cm³/mol. The topological polar surface area (TPSA) is 67.2 Å². The van der Waals surface area contributed by atoms with E-state index in [1.807, 2.05) is 26.0 Å². The van der Waals surface area contributed by atoms with E-state index < -0.39 is 0 Å². The second-order valence-corrected chi connectivity index (χ2v) is 4.34. The molecule has 0 aromatic heterocycles. The van der Waals surface area contributed by atoms with Gasteiger partial charge < -0.3 is 10.7 Å². The zero-order valence-corrected chi connectivity index (χ0v) is 10.7. The van der Waals surface area contributed by atoms with Gasteiger partial charge in [0.2, 0.25) is 0 Å². The fraction of sp³-hybridized carbons (Fsp3) is 0.462. The molecule has 4 nitrogen and oxygen atoms in total. The molecule has 0 fully saturated rings. The minimum atomic E-state index is -0.0300. The molecule has 1 unspecified atom stereocenters. The summed E-state index contributed by atoms with van der Waals surface area (Å²) >= 11 is 0. The molecule has 94 valence electrons. The van der Waals surface area contributed by atoms with Gasteiger partial charge in [-0.05, 0) is 44.0 Å². The largest absolute Gasteiger partial charge is 0.350 e. The van der Waals surface area contributed by atoms with Gasteiger partial charge in [0, 0.05) is 11.6 Å². The quantitative estimate of drug-likeness (QED) is 0.541. The van der Waals surface area contributed by atoms with Crippen LogP contribution in [-0.2, 0) is 0 Å². The summed E-state index contributed by atoms with van der Waals surface area (Å²) in [6.45, 7) is 6.04. The highest BCUT2D eigenvalue weighted by Crippen LogP contribution is 2.15. The summed E-state index contributed by atoms with van der Waals surface area (Å²) in [7, 11) is 0. The first kappa shape index (κ1) is 13.5. The third-order valence-corrected chi connectivity index (χ3v) is 2.74. The number of anilines is 1. The zero-order chi connectivity index (χ0) is 12.8. The van der Waals surface area contributed by atoms with Crippen molar-refractivity contribution in [1.29, 1.82) is 0 Å². The molecule has 0 aliphatic carbocycles. The third kappa shape index (κ3) is 3.75. The van der Waals surface area contributed by atoms with E-state index in [1.54, 1.807) is 6.07 Å². The van der Waals surface area contributed by atoms with Gasteiger partial charge in [-0.2, -0.15) is 0 Å². The Bertz CT molecular complexity index is 390. The molecular formula is C13H21N3O. The van der Waals surface area contributed by atoms with Gasteiger partial charge in [-0.25, -0.2) is 0 Å². The molecule has 1 rings (SSSR count). The molecule has 0 aliphatic heterocycles. The summed E-state index contributed by atoms with van der Waals surface area (Å²) in [5.41, 5.74) is 5.06. The van der Waals surface area contributed by atoms with Crippen LogP contribution in [-0.4, -0.2) is 11.9 Å². The Morgan fingerprint density at radius 1 is 1.47 bits per heavy atom. The van der Waals surface area contributed by atoms with Crippen LogP contribution in [0.3, 0.4) is 0 Å². The van der Waals surface area contributed by atoms with Crippen LogP contribution in [0.5, 0.6) is 0 Å². The maximum Gasteiger partial charge on any atom is 0.251 e. The van der Waals surface area contributed by atoms with Crippen molar-refractivity contribution < 1.29 is 4.79 Å². The molecule has 0 radical (unpaired) electrons. The standard InChI is InChI=1S/C13H21N3O/c1-4-5-10(3)15-13(17)11-6-7-12(16-14)9(2)8-11/h6-8,10,16H,4-5,14H2,1-3H3,(H,15,17). The van der Waals surface area contributed by atoms with Gasteiger partial charge in [-0.1, -0.05) is 13.3 Å². The second-order valence-electron chi connectivity index (χ2n) is 4.34. The Hall–Kier alpha value is -1.55. The van der Waals surface area contributed by atoms with Crippen molar-refractivity contribution in [1.82, 2.24) is 5.32 Å². The number of hydrogen-bond acceptors (Lipinski definition) is 3. The van der Waals surface area contributed by atoms with Gasteiger partial charge in [0.15, 0.2) is 0 Å². The Morgan fingerprint density at radius 2 is 2.18 bits per heavy atom. The number of nitrogens with one attached hydrogen (secondary N) is 2. The summed E-state index contributed by atoms with van der Waals surface area (Å²) in [6.07, 6.45) is 2.06. The Morgan fingerprint density at radius 3 is 2.71 bits per heavy atom. The molecule has 4 N–H and O–H groups in total. The van der Waals surface area contributed by atoms with Crippen LogP contribution in [0.1, 0.15) is 42.6 Å². The number of hydrogen-bond donors (Lipinski definition) is 3. The van der Waals surface area contributed by atoms with Crippen LogP contribution in [0, 0.1) is 6.92 Å². The van der Waals surface area contributed by atoms with Crippen LogP contribution < -0.4 is 16.6 Å². The maximum atomic E-state index is 11.9. The maximum absolute atomic E-state index is 11.9. The van der Waals surface area contributed by atoms with Gasteiger partial charge in [-0.3, -0.25) is 10.6 Å². The average Bonchev–Trinajstić information content (AvgIpc) is 2.29. The van der Waals surface area contributed by atoms with E-state index in [9.17, 15) is 4.79 Å². The van der Waals surface area contributed by atoms with Crippen molar-refractivity contribution in [3.05, 3.63) is 29.3 Å². The van der Waals surface area contributed by atoms with E-state index in [1.165, 1.54) is 0 Å². The van der Waals surface area contributed by atoms with Crippen molar-refractivity contribution in [3.8, 4) is 0 Å². The fourth-order valence-electron chi connectivity index (χ4n) is 1.78. The molecule has 1 aromatic rings. The normalized spacial score (nSPS) is 12.0. The van der Waals surface area contributed by atoms with Crippen molar-refractivity contribution in [2.45, 2.75) is 39.7 Å². The highest BCUT2D eigenvalue weighted by molar-refractivity contribution is 5.95. The summed E-state index contributed by atoms with van der Waals surface area (Å²) in [6, 6.07) is 5.63. The molecule has 0 heterocycles. The molecule has 0 saturated heterocycles. The van der Waals surface area contributed by atoms with E-state index in [2.05, 4.69) is 17.7 Å². The molecule has 0 saturated carbocycles. The number of carbonyl (C=O) groups excluding carboxylic acids is 1.